The van der Waals surface area contributed by atoms with Crippen molar-refractivity contribution >= 4 is 25.6 Å². The summed E-state index contributed by atoms with van der Waals surface area (Å²) >= 11 is 0. The summed E-state index contributed by atoms with van der Waals surface area (Å²) in [6.07, 6.45) is 4.29. The summed E-state index contributed by atoms with van der Waals surface area (Å²) in [6, 6.07) is 5.71. The molecule has 1 aromatic carbocycles. The first-order valence-corrected chi connectivity index (χ1v) is 10.6. The Bertz CT molecular complexity index is 530. The molecular weight excluding hydrogens is 334 g/mol. The third kappa shape index (κ3) is 11.2. The molecule has 1 N–H and O–H groups in total. The molecule has 0 bridgehead atoms. The van der Waals surface area contributed by atoms with Crippen LogP contribution in [0.5, 0.6) is 0 Å². The van der Waals surface area contributed by atoms with E-state index in [2.05, 4.69) is 12.2 Å². The molecule has 0 aliphatic carbocycles. The molecule has 6 heteroatoms. The summed E-state index contributed by atoms with van der Waals surface area (Å²) < 4.78 is 22.3. The van der Waals surface area contributed by atoms with Gasteiger partial charge < -0.3 is 5.32 Å². The maximum atomic E-state index is 11.8. The number of rotatable bonds is 7. The highest BCUT2D eigenvalue weighted by Crippen LogP contribution is 2.16. The van der Waals surface area contributed by atoms with Crippen LogP contribution in [-0.2, 0) is 9.05 Å². The fourth-order valence-corrected chi connectivity index (χ4v) is 2.44. The quantitative estimate of drug-likeness (QED) is 0.549. The summed E-state index contributed by atoms with van der Waals surface area (Å²) in [5.74, 6) is -0.279. The molecule has 0 heterocycles. The van der Waals surface area contributed by atoms with Crippen LogP contribution in [0.2, 0.25) is 0 Å². The van der Waals surface area contributed by atoms with Gasteiger partial charge in [0, 0.05) is 22.8 Å². The standard InChI is InChI=1S/C13H18ClNO3S.2C2H6/c1-2-3-4-5-9-15-13(16)11-7-6-8-12(10-11)19(14,17)18;2*1-2/h6-8,10H,2-5,9H2,1H3,(H,15,16);2*1-2H3. The van der Waals surface area contributed by atoms with Crippen molar-refractivity contribution < 1.29 is 13.2 Å². The lowest BCUT2D eigenvalue weighted by atomic mass is 10.2. The molecule has 0 fully saturated rings. The maximum absolute atomic E-state index is 11.8. The molecule has 0 atom stereocenters. The van der Waals surface area contributed by atoms with Crippen molar-refractivity contribution in [1.29, 1.82) is 0 Å². The number of hydrogen-bond acceptors (Lipinski definition) is 3. The molecule has 1 amide bonds. The summed E-state index contributed by atoms with van der Waals surface area (Å²) in [5.41, 5.74) is 0.303. The van der Waals surface area contributed by atoms with Gasteiger partial charge in [-0.15, -0.1) is 0 Å². The van der Waals surface area contributed by atoms with E-state index in [4.69, 9.17) is 10.7 Å². The molecular formula is C17H30ClNO3S. The number of benzene rings is 1. The second-order valence-corrected chi connectivity index (χ2v) is 6.85. The van der Waals surface area contributed by atoms with Gasteiger partial charge in [0.05, 0.1) is 4.90 Å². The molecule has 0 aromatic heterocycles. The number of carbonyl (C=O) groups excluding carboxylic acids is 1. The van der Waals surface area contributed by atoms with Crippen LogP contribution in [0.25, 0.3) is 0 Å². The summed E-state index contributed by atoms with van der Waals surface area (Å²) in [7, 11) is 1.44. The van der Waals surface area contributed by atoms with E-state index in [1.807, 2.05) is 27.7 Å². The van der Waals surface area contributed by atoms with Crippen LogP contribution in [-0.4, -0.2) is 20.9 Å². The highest BCUT2D eigenvalue weighted by atomic mass is 35.7. The predicted molar refractivity (Wildman–Crippen MR) is 98.7 cm³/mol. The molecule has 0 aliphatic heterocycles. The lowest BCUT2D eigenvalue weighted by molar-refractivity contribution is 0.0952. The van der Waals surface area contributed by atoms with Crippen molar-refractivity contribution in [3.8, 4) is 0 Å². The zero-order valence-corrected chi connectivity index (χ0v) is 16.4. The monoisotopic (exact) mass is 363 g/mol. The Kier molecular flexibility index (Phi) is 15.3. The molecule has 0 aliphatic rings. The van der Waals surface area contributed by atoms with Gasteiger partial charge in [0.1, 0.15) is 0 Å². The van der Waals surface area contributed by atoms with Crippen molar-refractivity contribution in [1.82, 2.24) is 5.32 Å². The van der Waals surface area contributed by atoms with Crippen molar-refractivity contribution in [2.75, 3.05) is 6.54 Å². The van der Waals surface area contributed by atoms with Gasteiger partial charge in [-0.3, -0.25) is 4.79 Å². The van der Waals surface area contributed by atoms with Gasteiger partial charge in [-0.05, 0) is 24.6 Å². The number of carbonyl (C=O) groups is 1. The van der Waals surface area contributed by atoms with Crippen LogP contribution < -0.4 is 5.32 Å². The summed E-state index contributed by atoms with van der Waals surface area (Å²) in [6.45, 7) is 10.7. The van der Waals surface area contributed by atoms with Crippen molar-refractivity contribution in [2.24, 2.45) is 0 Å². The Morgan fingerprint density at radius 1 is 1.09 bits per heavy atom. The first kappa shape index (κ1) is 24.2. The topological polar surface area (TPSA) is 63.2 Å². The maximum Gasteiger partial charge on any atom is 0.261 e. The van der Waals surface area contributed by atoms with Gasteiger partial charge in [-0.1, -0.05) is 59.9 Å². The lowest BCUT2D eigenvalue weighted by Crippen LogP contribution is -2.24. The number of unbranched alkanes of at least 4 members (excludes halogenated alkanes) is 3. The van der Waals surface area contributed by atoms with Crippen molar-refractivity contribution in [3.63, 3.8) is 0 Å². The largest absolute Gasteiger partial charge is 0.352 e. The Labute approximate surface area is 146 Å². The highest BCUT2D eigenvalue weighted by Gasteiger charge is 2.12. The lowest BCUT2D eigenvalue weighted by Gasteiger charge is -2.05. The fraction of sp³-hybridized carbons (Fsp3) is 0.588. The molecule has 0 saturated heterocycles. The second-order valence-electron chi connectivity index (χ2n) is 4.28. The highest BCUT2D eigenvalue weighted by molar-refractivity contribution is 8.13. The summed E-state index contributed by atoms with van der Waals surface area (Å²) in [5, 5.41) is 2.76. The van der Waals surface area contributed by atoms with Crippen LogP contribution in [0.3, 0.4) is 0 Å². The first-order chi connectivity index (χ1) is 10.9. The molecule has 134 valence electrons. The van der Waals surface area contributed by atoms with Gasteiger partial charge >= 0.3 is 0 Å². The van der Waals surface area contributed by atoms with Crippen LogP contribution in [0, 0.1) is 0 Å². The van der Waals surface area contributed by atoms with Crippen molar-refractivity contribution in [3.05, 3.63) is 29.8 Å². The van der Waals surface area contributed by atoms with Gasteiger partial charge in [-0.25, -0.2) is 8.42 Å². The van der Waals surface area contributed by atoms with E-state index in [-0.39, 0.29) is 10.8 Å². The zero-order valence-electron chi connectivity index (χ0n) is 14.9. The van der Waals surface area contributed by atoms with Gasteiger partial charge in [-0.2, -0.15) is 0 Å². The van der Waals surface area contributed by atoms with Crippen LogP contribution >= 0.6 is 10.7 Å². The smallest absolute Gasteiger partial charge is 0.261 e. The summed E-state index contributed by atoms with van der Waals surface area (Å²) in [4.78, 5) is 11.7. The average molecular weight is 364 g/mol. The third-order valence-corrected chi connectivity index (χ3v) is 4.05. The molecule has 0 saturated carbocycles. The number of halogens is 1. The minimum Gasteiger partial charge on any atom is -0.352 e. The SMILES string of the molecule is CC.CC.CCCCCCNC(=O)c1cccc(S(=O)(=O)Cl)c1. The molecule has 23 heavy (non-hydrogen) atoms. The van der Waals surface area contributed by atoms with Crippen molar-refractivity contribution in [2.45, 2.75) is 65.2 Å². The Hall–Kier alpha value is -1.07. The van der Waals surface area contributed by atoms with Gasteiger partial charge in [0.2, 0.25) is 0 Å². The molecule has 1 rings (SSSR count). The minimum absolute atomic E-state index is 0.0622. The van der Waals surface area contributed by atoms with E-state index in [0.717, 1.165) is 25.7 Å². The Morgan fingerprint density at radius 3 is 2.22 bits per heavy atom. The molecule has 0 radical (unpaired) electrons. The minimum atomic E-state index is -3.80. The van der Waals surface area contributed by atoms with Crippen LogP contribution in [0.1, 0.15) is 70.7 Å². The van der Waals surface area contributed by atoms with E-state index >= 15 is 0 Å². The van der Waals surface area contributed by atoms with E-state index in [9.17, 15) is 13.2 Å². The van der Waals surface area contributed by atoms with Crippen LogP contribution in [0.4, 0.5) is 0 Å². The van der Waals surface area contributed by atoms with Gasteiger partial charge in [0.25, 0.3) is 15.0 Å². The van der Waals surface area contributed by atoms with E-state index in [1.54, 1.807) is 6.07 Å². The van der Waals surface area contributed by atoms with E-state index < -0.39 is 9.05 Å². The first-order valence-electron chi connectivity index (χ1n) is 8.28. The third-order valence-electron chi connectivity index (χ3n) is 2.69. The normalized spacial score (nSPS) is 9.83. The van der Waals surface area contributed by atoms with Crippen LogP contribution in [0.15, 0.2) is 29.2 Å². The molecule has 0 spiro atoms. The van der Waals surface area contributed by atoms with E-state index in [0.29, 0.717) is 12.1 Å². The molecule has 0 unspecified atom stereocenters. The Balaban J connectivity index is 0. The Morgan fingerprint density at radius 2 is 1.70 bits per heavy atom. The predicted octanol–water partition coefficient (Wildman–Crippen LogP) is 4.98. The fourth-order valence-electron chi connectivity index (χ4n) is 1.64. The number of nitrogens with one attached hydrogen (secondary N) is 1. The molecule has 1 aromatic rings. The zero-order chi connectivity index (χ0) is 18.3. The number of hydrogen-bond donors (Lipinski definition) is 1. The number of amides is 1. The molecule has 4 nitrogen and oxygen atoms in total. The average Bonchev–Trinajstić information content (AvgIpc) is 2.57. The second kappa shape index (κ2) is 14.5. The van der Waals surface area contributed by atoms with E-state index in [1.165, 1.54) is 18.2 Å². The van der Waals surface area contributed by atoms with Gasteiger partial charge in [0.15, 0.2) is 0 Å².